The highest BCUT2D eigenvalue weighted by Crippen LogP contribution is 2.35. The quantitative estimate of drug-likeness (QED) is 0.497. The Morgan fingerprint density at radius 2 is 1.38 bits per heavy atom. The van der Waals surface area contributed by atoms with E-state index in [1.165, 1.54) is 10.6 Å². The van der Waals surface area contributed by atoms with Crippen LogP contribution in [-0.4, -0.2) is 20.0 Å². The van der Waals surface area contributed by atoms with Crippen molar-refractivity contribution in [1.29, 1.82) is 0 Å². The van der Waals surface area contributed by atoms with Crippen molar-refractivity contribution in [3.8, 4) is 0 Å². The lowest BCUT2D eigenvalue weighted by Gasteiger charge is -2.18. The van der Waals surface area contributed by atoms with Gasteiger partial charge in [0.2, 0.25) is 0 Å². The third-order valence-corrected chi connectivity index (χ3v) is 6.51. The molecule has 4 nitrogen and oxygen atoms in total. The Balaban J connectivity index is 1.57. The van der Waals surface area contributed by atoms with E-state index >= 15 is 0 Å². The molecule has 0 fully saturated rings. The van der Waals surface area contributed by atoms with Crippen LogP contribution in [0.2, 0.25) is 0 Å². The van der Waals surface area contributed by atoms with E-state index in [2.05, 4.69) is 76.0 Å². The van der Waals surface area contributed by atoms with Crippen molar-refractivity contribution in [3.05, 3.63) is 103 Å². The fourth-order valence-corrected chi connectivity index (χ4v) is 4.97. The van der Waals surface area contributed by atoms with Gasteiger partial charge in [-0.25, -0.2) is 4.68 Å². The van der Waals surface area contributed by atoms with Gasteiger partial charge in [-0.3, -0.25) is 4.98 Å². The molecule has 0 atom stereocenters. The zero-order valence-corrected chi connectivity index (χ0v) is 15.2. The van der Waals surface area contributed by atoms with Crippen LogP contribution in [0.15, 0.2) is 91.3 Å². The number of pyridine rings is 1. The summed E-state index contributed by atoms with van der Waals surface area (Å²) in [6.45, 7) is 0. The van der Waals surface area contributed by atoms with Crippen LogP contribution in [0, 0.1) is 0 Å². The van der Waals surface area contributed by atoms with Crippen molar-refractivity contribution in [3.63, 3.8) is 0 Å². The molecular weight excluding hydrogens is 339 g/mol. The molecule has 2 heterocycles. The van der Waals surface area contributed by atoms with Crippen molar-refractivity contribution in [2.24, 2.45) is 0 Å². The second kappa shape index (κ2) is 8.03. The molecule has 0 saturated heterocycles. The summed E-state index contributed by atoms with van der Waals surface area (Å²) < 4.78 is 1.96. The van der Waals surface area contributed by atoms with E-state index in [0.717, 1.165) is 17.7 Å². The Labute approximate surface area is 154 Å². The fraction of sp³-hybridized carbons (Fsp3) is 0.0952. The molecule has 0 radical (unpaired) electrons. The number of aromatic nitrogens is 4. The van der Waals surface area contributed by atoms with Crippen molar-refractivity contribution < 1.29 is 0 Å². The van der Waals surface area contributed by atoms with Crippen LogP contribution in [0.3, 0.4) is 0 Å². The van der Waals surface area contributed by atoms with Gasteiger partial charge in [-0.2, -0.15) is 0 Å². The highest BCUT2D eigenvalue weighted by Gasteiger charge is 2.15. The van der Waals surface area contributed by atoms with Crippen LogP contribution in [0.1, 0.15) is 11.4 Å². The van der Waals surface area contributed by atoms with Gasteiger partial charge >= 0.3 is 0 Å². The summed E-state index contributed by atoms with van der Waals surface area (Å²) in [5.74, 6) is 0. The molecule has 5 heteroatoms. The summed E-state index contributed by atoms with van der Waals surface area (Å²) in [7, 11) is -0.528. The third kappa shape index (κ3) is 4.04. The average Bonchev–Trinajstić information content (AvgIpc) is 3.15. The average molecular weight is 358 g/mol. The van der Waals surface area contributed by atoms with Crippen molar-refractivity contribution in [2.45, 2.75) is 12.7 Å². The summed E-state index contributed by atoms with van der Waals surface area (Å²) in [5, 5.41) is 11.4. The van der Waals surface area contributed by atoms with Gasteiger partial charge < -0.3 is 0 Å². The molecule has 0 unspecified atom stereocenters. The Bertz CT molecular complexity index is 900. The van der Waals surface area contributed by atoms with E-state index in [1.807, 2.05) is 35.3 Å². The summed E-state index contributed by atoms with van der Waals surface area (Å²) in [6, 6.07) is 27.2. The van der Waals surface area contributed by atoms with Crippen molar-refractivity contribution in [2.75, 3.05) is 0 Å². The predicted molar refractivity (Wildman–Crippen MR) is 106 cm³/mol. The molecule has 2 aromatic heterocycles. The largest absolute Gasteiger partial charge is 0.261 e. The standard InChI is InChI=1S/C21H19N4P/c1-3-10-20(11-4-1)26(21-12-5-2-6-13-21)17-25-16-19(23-24-25)15-18-9-7-8-14-22-18/h1-14,16H,15,17H2. The van der Waals surface area contributed by atoms with Gasteiger partial charge in [-0.1, -0.05) is 71.9 Å². The summed E-state index contributed by atoms with van der Waals surface area (Å²) >= 11 is 0. The molecule has 26 heavy (non-hydrogen) atoms. The van der Waals surface area contributed by atoms with E-state index in [1.54, 1.807) is 0 Å². The first-order chi connectivity index (χ1) is 12.9. The maximum Gasteiger partial charge on any atom is 0.0886 e. The number of hydrogen-bond donors (Lipinski definition) is 0. The molecule has 0 aliphatic carbocycles. The Morgan fingerprint density at radius 3 is 2.00 bits per heavy atom. The Hall–Kier alpha value is -2.84. The number of hydrogen-bond acceptors (Lipinski definition) is 3. The van der Waals surface area contributed by atoms with Crippen LogP contribution >= 0.6 is 7.92 Å². The summed E-state index contributed by atoms with van der Waals surface area (Å²) in [6.07, 6.45) is 5.37. The molecule has 4 rings (SSSR count). The normalized spacial score (nSPS) is 11.0. The van der Waals surface area contributed by atoms with Gasteiger partial charge in [0, 0.05) is 24.5 Å². The molecular formula is C21H19N4P. The SMILES string of the molecule is c1ccc(P(Cn2cc(Cc3ccccn3)nn2)c2ccccc2)cc1. The topological polar surface area (TPSA) is 43.6 Å². The summed E-state index contributed by atoms with van der Waals surface area (Å²) in [4.78, 5) is 4.37. The third-order valence-electron chi connectivity index (χ3n) is 4.10. The van der Waals surface area contributed by atoms with Crippen molar-refractivity contribution in [1.82, 2.24) is 20.0 Å². The molecule has 0 amide bonds. The number of benzene rings is 2. The first-order valence-electron chi connectivity index (χ1n) is 8.55. The zero-order valence-electron chi connectivity index (χ0n) is 14.3. The van der Waals surface area contributed by atoms with Gasteiger partial charge in [0.05, 0.1) is 12.0 Å². The molecule has 0 spiro atoms. The van der Waals surface area contributed by atoms with E-state index in [0.29, 0.717) is 6.42 Å². The molecule has 0 saturated carbocycles. The van der Waals surface area contributed by atoms with Crippen LogP contribution < -0.4 is 10.6 Å². The van der Waals surface area contributed by atoms with Crippen LogP contribution in [0.5, 0.6) is 0 Å². The van der Waals surface area contributed by atoms with Crippen molar-refractivity contribution >= 4 is 18.5 Å². The lowest BCUT2D eigenvalue weighted by Crippen LogP contribution is -2.16. The zero-order chi connectivity index (χ0) is 17.6. The van der Waals surface area contributed by atoms with Gasteiger partial charge in [-0.05, 0) is 30.7 Å². The fourth-order valence-electron chi connectivity index (χ4n) is 2.85. The number of nitrogens with zero attached hydrogens (tertiary/aromatic N) is 4. The maximum absolute atomic E-state index is 4.37. The molecule has 0 aliphatic heterocycles. The van der Waals surface area contributed by atoms with Crippen LogP contribution in [-0.2, 0) is 12.7 Å². The van der Waals surface area contributed by atoms with Crippen LogP contribution in [0.25, 0.3) is 0 Å². The molecule has 128 valence electrons. The second-order valence-corrected chi connectivity index (χ2v) is 8.16. The first kappa shape index (κ1) is 16.6. The molecule has 0 aliphatic rings. The minimum atomic E-state index is -0.528. The molecule has 2 aromatic carbocycles. The summed E-state index contributed by atoms with van der Waals surface area (Å²) in [5.41, 5.74) is 1.95. The lowest BCUT2D eigenvalue weighted by atomic mass is 10.2. The first-order valence-corrected chi connectivity index (χ1v) is 10.1. The van der Waals surface area contributed by atoms with Gasteiger partial charge in [0.25, 0.3) is 0 Å². The second-order valence-electron chi connectivity index (χ2n) is 5.99. The predicted octanol–water partition coefficient (Wildman–Crippen LogP) is 3.35. The van der Waals surface area contributed by atoms with E-state index < -0.39 is 7.92 Å². The highest BCUT2D eigenvalue weighted by molar-refractivity contribution is 7.72. The molecule has 4 aromatic rings. The van der Waals surface area contributed by atoms with E-state index in [-0.39, 0.29) is 0 Å². The van der Waals surface area contributed by atoms with Gasteiger partial charge in [0.1, 0.15) is 0 Å². The highest BCUT2D eigenvalue weighted by atomic mass is 31.1. The monoisotopic (exact) mass is 358 g/mol. The van der Waals surface area contributed by atoms with Crippen LogP contribution in [0.4, 0.5) is 0 Å². The van der Waals surface area contributed by atoms with E-state index in [9.17, 15) is 0 Å². The molecule has 0 N–H and O–H groups in total. The number of rotatable bonds is 6. The van der Waals surface area contributed by atoms with E-state index in [4.69, 9.17) is 0 Å². The minimum Gasteiger partial charge on any atom is -0.261 e. The van der Waals surface area contributed by atoms with Gasteiger partial charge in [0.15, 0.2) is 0 Å². The maximum atomic E-state index is 4.37. The smallest absolute Gasteiger partial charge is 0.0886 e. The Kier molecular flexibility index (Phi) is 5.13. The Morgan fingerprint density at radius 1 is 0.731 bits per heavy atom. The minimum absolute atomic E-state index is 0.528. The lowest BCUT2D eigenvalue weighted by molar-refractivity contribution is 0.697. The molecule has 0 bridgehead atoms. The van der Waals surface area contributed by atoms with Gasteiger partial charge in [-0.15, -0.1) is 5.10 Å².